The molecule has 0 saturated carbocycles. The summed E-state index contributed by atoms with van der Waals surface area (Å²) in [5.41, 5.74) is 5.93. The second-order valence-corrected chi connectivity index (χ2v) is 6.58. The third kappa shape index (κ3) is 3.89. The first-order valence-corrected chi connectivity index (χ1v) is 6.74. The molecule has 0 fully saturated rings. The minimum atomic E-state index is 0.128. The highest BCUT2D eigenvalue weighted by atomic mass is 32.1. The van der Waals surface area contributed by atoms with E-state index in [2.05, 4.69) is 50.5 Å². The summed E-state index contributed by atoms with van der Waals surface area (Å²) in [4.78, 5) is 1.43. The maximum Gasteiger partial charge on any atom is 0.0137 e. The lowest BCUT2D eigenvalue weighted by Crippen LogP contribution is -2.46. The van der Waals surface area contributed by atoms with Crippen molar-refractivity contribution in [3.8, 4) is 0 Å². The fraction of sp³-hybridized carbons (Fsp3) is 0.692. The van der Waals surface area contributed by atoms with Crippen LogP contribution in [0.15, 0.2) is 17.5 Å². The second-order valence-electron chi connectivity index (χ2n) is 5.64. The number of hydrogen-bond donors (Lipinski definition) is 2. The first-order chi connectivity index (χ1) is 7.37. The van der Waals surface area contributed by atoms with Gasteiger partial charge in [-0.05, 0) is 38.3 Å². The Morgan fingerprint density at radius 1 is 1.31 bits per heavy atom. The summed E-state index contributed by atoms with van der Waals surface area (Å²) in [5, 5.41) is 5.76. The molecule has 0 saturated heterocycles. The Bertz CT molecular complexity index is 302. The highest BCUT2D eigenvalue weighted by Crippen LogP contribution is 2.27. The van der Waals surface area contributed by atoms with Gasteiger partial charge in [0.15, 0.2) is 0 Å². The lowest BCUT2D eigenvalue weighted by Gasteiger charge is -2.32. The van der Waals surface area contributed by atoms with E-state index in [4.69, 9.17) is 5.73 Å². The van der Waals surface area contributed by atoms with Crippen LogP contribution in [0.4, 0.5) is 0 Å². The van der Waals surface area contributed by atoms with Crippen LogP contribution in [0.3, 0.4) is 0 Å². The van der Waals surface area contributed by atoms with Crippen molar-refractivity contribution < 1.29 is 0 Å². The van der Waals surface area contributed by atoms with Gasteiger partial charge in [-0.15, -0.1) is 11.3 Å². The van der Waals surface area contributed by atoms with E-state index < -0.39 is 0 Å². The monoisotopic (exact) mass is 240 g/mol. The van der Waals surface area contributed by atoms with E-state index in [9.17, 15) is 0 Å². The molecule has 0 aliphatic heterocycles. The molecule has 0 unspecified atom stereocenters. The van der Waals surface area contributed by atoms with E-state index in [-0.39, 0.29) is 11.0 Å². The number of rotatable bonds is 6. The second kappa shape index (κ2) is 5.30. The number of hydrogen-bond acceptors (Lipinski definition) is 3. The zero-order valence-corrected chi connectivity index (χ0v) is 11.7. The Morgan fingerprint density at radius 3 is 2.50 bits per heavy atom. The van der Waals surface area contributed by atoms with Crippen LogP contribution in [-0.4, -0.2) is 18.6 Å². The predicted octanol–water partition coefficient (Wildman–Crippen LogP) is 2.74. The maximum absolute atomic E-state index is 5.61. The summed E-state index contributed by atoms with van der Waals surface area (Å²) < 4.78 is 0. The summed E-state index contributed by atoms with van der Waals surface area (Å²) in [6.07, 6.45) is 1.01. The summed E-state index contributed by atoms with van der Waals surface area (Å²) in [6, 6.07) is 4.33. The van der Waals surface area contributed by atoms with E-state index in [1.165, 1.54) is 4.88 Å². The Labute approximate surface area is 103 Å². The molecule has 0 spiro atoms. The van der Waals surface area contributed by atoms with Crippen molar-refractivity contribution in [3.63, 3.8) is 0 Å². The topological polar surface area (TPSA) is 38.0 Å². The minimum Gasteiger partial charge on any atom is -0.330 e. The van der Waals surface area contributed by atoms with Crippen LogP contribution in [0.25, 0.3) is 0 Å². The van der Waals surface area contributed by atoms with Gasteiger partial charge in [0, 0.05) is 22.4 Å². The molecule has 16 heavy (non-hydrogen) atoms. The lowest BCUT2D eigenvalue weighted by atomic mass is 9.89. The van der Waals surface area contributed by atoms with E-state index in [1.54, 1.807) is 0 Å². The number of nitrogens with one attached hydrogen (secondary N) is 1. The zero-order valence-electron chi connectivity index (χ0n) is 10.8. The van der Waals surface area contributed by atoms with Gasteiger partial charge < -0.3 is 11.1 Å². The molecule has 0 amide bonds. The molecule has 92 valence electrons. The van der Waals surface area contributed by atoms with Crippen LogP contribution in [0.2, 0.25) is 0 Å². The van der Waals surface area contributed by atoms with Crippen LogP contribution in [0.5, 0.6) is 0 Å². The molecule has 0 aliphatic carbocycles. The SMILES string of the molecule is CC(C)(CCN)NCC(C)(C)c1cccs1. The van der Waals surface area contributed by atoms with E-state index >= 15 is 0 Å². The minimum absolute atomic E-state index is 0.128. The molecular formula is C13H24N2S. The molecule has 0 aromatic carbocycles. The molecule has 0 aliphatic rings. The highest BCUT2D eigenvalue weighted by Gasteiger charge is 2.25. The molecule has 1 rings (SSSR count). The van der Waals surface area contributed by atoms with Crippen molar-refractivity contribution in [1.29, 1.82) is 0 Å². The van der Waals surface area contributed by atoms with Gasteiger partial charge in [-0.25, -0.2) is 0 Å². The smallest absolute Gasteiger partial charge is 0.0137 e. The highest BCUT2D eigenvalue weighted by molar-refractivity contribution is 7.10. The molecule has 2 nitrogen and oxygen atoms in total. The van der Waals surface area contributed by atoms with Gasteiger partial charge in [0.1, 0.15) is 0 Å². The third-order valence-electron chi connectivity index (χ3n) is 2.97. The number of nitrogens with two attached hydrogens (primary N) is 1. The third-order valence-corrected chi connectivity index (χ3v) is 4.20. The van der Waals surface area contributed by atoms with Gasteiger partial charge in [0.25, 0.3) is 0 Å². The average molecular weight is 240 g/mol. The zero-order chi connectivity index (χ0) is 12.2. The summed E-state index contributed by atoms with van der Waals surface area (Å²) >= 11 is 1.83. The quantitative estimate of drug-likeness (QED) is 0.802. The predicted molar refractivity (Wildman–Crippen MR) is 73.1 cm³/mol. The summed E-state index contributed by atoms with van der Waals surface area (Å²) in [6.45, 7) is 10.7. The fourth-order valence-corrected chi connectivity index (χ4v) is 2.51. The molecule has 1 aromatic rings. The van der Waals surface area contributed by atoms with Gasteiger partial charge in [-0.2, -0.15) is 0 Å². The van der Waals surface area contributed by atoms with Gasteiger partial charge in [0.05, 0.1) is 0 Å². The van der Waals surface area contributed by atoms with E-state index in [1.807, 2.05) is 11.3 Å². The Kier molecular flexibility index (Phi) is 4.53. The Morgan fingerprint density at radius 2 is 2.00 bits per heavy atom. The average Bonchev–Trinajstić information content (AvgIpc) is 2.68. The first-order valence-electron chi connectivity index (χ1n) is 5.86. The van der Waals surface area contributed by atoms with Crippen molar-refractivity contribution >= 4 is 11.3 Å². The van der Waals surface area contributed by atoms with Gasteiger partial charge in [-0.1, -0.05) is 19.9 Å². The lowest BCUT2D eigenvalue weighted by molar-refractivity contribution is 0.328. The van der Waals surface area contributed by atoms with Crippen molar-refractivity contribution in [2.75, 3.05) is 13.1 Å². The molecule has 0 radical (unpaired) electrons. The molecular weight excluding hydrogens is 216 g/mol. The maximum atomic E-state index is 5.61. The van der Waals surface area contributed by atoms with Crippen LogP contribution in [0.1, 0.15) is 39.0 Å². The van der Waals surface area contributed by atoms with E-state index in [0.717, 1.165) is 19.5 Å². The molecule has 0 bridgehead atoms. The number of thiophene rings is 1. The van der Waals surface area contributed by atoms with Crippen molar-refractivity contribution in [2.45, 2.75) is 45.1 Å². The molecule has 1 heterocycles. The van der Waals surface area contributed by atoms with Gasteiger partial charge >= 0.3 is 0 Å². The Hall–Kier alpha value is -0.380. The summed E-state index contributed by atoms with van der Waals surface area (Å²) in [7, 11) is 0. The van der Waals surface area contributed by atoms with Crippen LogP contribution < -0.4 is 11.1 Å². The molecule has 3 N–H and O–H groups in total. The summed E-state index contributed by atoms with van der Waals surface area (Å²) in [5.74, 6) is 0. The Balaban J connectivity index is 2.54. The normalized spacial score (nSPS) is 13.1. The largest absolute Gasteiger partial charge is 0.330 e. The molecule has 3 heteroatoms. The van der Waals surface area contributed by atoms with Crippen molar-refractivity contribution in [3.05, 3.63) is 22.4 Å². The van der Waals surface area contributed by atoms with Crippen LogP contribution in [-0.2, 0) is 5.41 Å². The first kappa shape index (κ1) is 13.7. The van der Waals surface area contributed by atoms with Crippen molar-refractivity contribution in [2.24, 2.45) is 5.73 Å². The standard InChI is InChI=1S/C13H24N2S/c1-12(2,11-6-5-9-16-11)10-15-13(3,4)7-8-14/h5-6,9,15H,7-8,10,14H2,1-4H3. The van der Waals surface area contributed by atoms with Crippen molar-refractivity contribution in [1.82, 2.24) is 5.32 Å². The molecule has 0 atom stereocenters. The van der Waals surface area contributed by atoms with Crippen LogP contribution >= 0.6 is 11.3 Å². The van der Waals surface area contributed by atoms with E-state index in [0.29, 0.717) is 0 Å². The van der Waals surface area contributed by atoms with Gasteiger partial charge in [-0.3, -0.25) is 0 Å². The van der Waals surface area contributed by atoms with Crippen LogP contribution in [0, 0.1) is 0 Å². The fourth-order valence-electron chi connectivity index (χ4n) is 1.66. The molecule has 1 aromatic heterocycles. The van der Waals surface area contributed by atoms with Gasteiger partial charge in [0.2, 0.25) is 0 Å².